The molecule has 0 bridgehead atoms. The molecule has 0 radical (unpaired) electrons. The molecule has 2 aromatic carbocycles. The molecule has 2 heterocycles. The van der Waals surface area contributed by atoms with Gasteiger partial charge in [-0.05, 0) is 44.0 Å². The number of nitrogens with zero attached hydrogens (tertiary/aromatic N) is 3. The van der Waals surface area contributed by atoms with E-state index in [1.165, 1.54) is 30.2 Å². The number of hydrogen-bond acceptors (Lipinski definition) is 8. The maximum Gasteiger partial charge on any atom is 0.341 e. The van der Waals surface area contributed by atoms with Gasteiger partial charge in [0.2, 0.25) is 5.91 Å². The van der Waals surface area contributed by atoms with Gasteiger partial charge < -0.3 is 14.8 Å². The van der Waals surface area contributed by atoms with Crippen LogP contribution in [0.4, 0.5) is 5.00 Å². The number of nitrogens with one attached hydrogen (secondary N) is 1. The lowest BCUT2D eigenvalue weighted by molar-refractivity contribution is -0.113. The summed E-state index contributed by atoms with van der Waals surface area (Å²) in [6, 6.07) is 15.6. The fourth-order valence-corrected chi connectivity index (χ4v) is 5.68. The summed E-state index contributed by atoms with van der Waals surface area (Å²) in [5.41, 5.74) is 4.14. The van der Waals surface area contributed by atoms with Gasteiger partial charge in [-0.2, -0.15) is 0 Å². The number of carbonyl (C=O) groups excluding carboxylic acids is 2. The van der Waals surface area contributed by atoms with Crippen LogP contribution < -0.4 is 10.1 Å². The number of esters is 1. The molecule has 0 saturated carbocycles. The van der Waals surface area contributed by atoms with Crippen molar-refractivity contribution in [2.75, 3.05) is 18.2 Å². The molecule has 1 amide bonds. The van der Waals surface area contributed by atoms with Crippen molar-refractivity contribution < 1.29 is 19.1 Å². The first-order valence-electron chi connectivity index (χ1n) is 12.3. The molecule has 1 N–H and O–H groups in total. The summed E-state index contributed by atoms with van der Waals surface area (Å²) < 4.78 is 13.0. The number of thiophene rings is 1. The third kappa shape index (κ3) is 6.76. The number of hydrogen-bond donors (Lipinski definition) is 1. The minimum atomic E-state index is -0.507. The van der Waals surface area contributed by atoms with Gasteiger partial charge in [-0.15, -0.1) is 28.1 Å². The average Bonchev–Trinajstić information content (AvgIpc) is 3.52. The third-order valence-corrected chi connectivity index (χ3v) is 7.71. The fraction of sp³-hybridized carbons (Fsp3) is 0.241. The van der Waals surface area contributed by atoms with E-state index < -0.39 is 5.97 Å². The second-order valence-electron chi connectivity index (χ2n) is 8.86. The van der Waals surface area contributed by atoms with E-state index in [4.69, 9.17) is 9.47 Å². The number of benzene rings is 2. The Hall–Kier alpha value is -3.89. The molecule has 8 nitrogen and oxygen atoms in total. The molecule has 0 aliphatic carbocycles. The van der Waals surface area contributed by atoms with Crippen molar-refractivity contribution in [3.63, 3.8) is 0 Å². The van der Waals surface area contributed by atoms with Crippen LogP contribution in [-0.4, -0.2) is 39.5 Å². The van der Waals surface area contributed by atoms with Gasteiger partial charge in [0.25, 0.3) is 0 Å². The summed E-state index contributed by atoms with van der Waals surface area (Å²) >= 11 is 2.53. The monoisotopic (exact) mass is 562 g/mol. The third-order valence-electron chi connectivity index (χ3n) is 5.85. The van der Waals surface area contributed by atoms with Gasteiger partial charge >= 0.3 is 5.97 Å². The number of anilines is 1. The molecular weight excluding hydrogens is 532 g/mol. The van der Waals surface area contributed by atoms with E-state index in [1.54, 1.807) is 6.08 Å². The topological polar surface area (TPSA) is 95.3 Å². The smallest absolute Gasteiger partial charge is 0.341 e. The molecule has 1 atom stereocenters. The lowest BCUT2D eigenvalue weighted by atomic mass is 10.0. The van der Waals surface area contributed by atoms with Crippen LogP contribution in [0, 0.1) is 13.8 Å². The molecule has 4 rings (SSSR count). The number of methoxy groups -OCH3 is 1. The number of amides is 1. The minimum absolute atomic E-state index is 0.0702. The first kappa shape index (κ1) is 28.1. The van der Waals surface area contributed by atoms with E-state index in [0.717, 1.165) is 22.4 Å². The summed E-state index contributed by atoms with van der Waals surface area (Å²) in [4.78, 5) is 25.6. The zero-order chi connectivity index (χ0) is 27.9. The molecule has 39 heavy (non-hydrogen) atoms. The molecule has 0 saturated heterocycles. The number of ether oxygens (including phenoxy) is 2. The number of carbonyl (C=O) groups is 2. The van der Waals surface area contributed by atoms with Crippen molar-refractivity contribution in [1.29, 1.82) is 0 Å². The molecule has 4 aromatic rings. The van der Waals surface area contributed by atoms with Gasteiger partial charge in [-0.1, -0.05) is 59.8 Å². The second-order valence-corrected chi connectivity index (χ2v) is 10.7. The highest BCUT2D eigenvalue weighted by Gasteiger charge is 2.24. The van der Waals surface area contributed by atoms with E-state index in [0.29, 0.717) is 33.7 Å². The molecule has 0 spiro atoms. The van der Waals surface area contributed by atoms with E-state index in [2.05, 4.69) is 22.1 Å². The van der Waals surface area contributed by atoms with E-state index in [-0.39, 0.29) is 17.8 Å². The van der Waals surface area contributed by atoms with Gasteiger partial charge in [0, 0.05) is 17.5 Å². The van der Waals surface area contributed by atoms with E-state index in [1.807, 2.05) is 79.2 Å². The molecule has 1 unspecified atom stereocenters. The summed E-state index contributed by atoms with van der Waals surface area (Å²) in [7, 11) is 1.33. The predicted octanol–water partition coefficient (Wildman–Crippen LogP) is 6.47. The SMILES string of the molecule is C=CCn1c(SCC(=O)Nc2scc(-c3ccc(C)cc3)c2C(=O)OC)nnc1C(C)Oc1cccc(C)c1. The van der Waals surface area contributed by atoms with Crippen LogP contribution in [0.25, 0.3) is 11.1 Å². The molecule has 0 aliphatic heterocycles. The summed E-state index contributed by atoms with van der Waals surface area (Å²) in [6.45, 7) is 10.2. The van der Waals surface area contributed by atoms with Crippen LogP contribution in [0.15, 0.2) is 71.7 Å². The molecule has 0 aliphatic rings. The van der Waals surface area contributed by atoms with Crippen LogP contribution in [0.3, 0.4) is 0 Å². The maximum atomic E-state index is 12.9. The summed E-state index contributed by atoms with van der Waals surface area (Å²) in [5.74, 6) is 0.662. The normalized spacial score (nSPS) is 11.6. The Morgan fingerprint density at radius 2 is 1.92 bits per heavy atom. The minimum Gasteiger partial charge on any atom is -0.483 e. The zero-order valence-corrected chi connectivity index (χ0v) is 23.9. The second kappa shape index (κ2) is 12.8. The highest BCUT2D eigenvalue weighted by Crippen LogP contribution is 2.36. The lowest BCUT2D eigenvalue weighted by Gasteiger charge is -2.16. The van der Waals surface area contributed by atoms with Crippen LogP contribution in [0.2, 0.25) is 0 Å². The Kier molecular flexibility index (Phi) is 9.21. The Balaban J connectivity index is 1.47. The van der Waals surface area contributed by atoms with Crippen LogP contribution >= 0.6 is 23.1 Å². The molecule has 10 heteroatoms. The quantitative estimate of drug-likeness (QED) is 0.127. The summed E-state index contributed by atoms with van der Waals surface area (Å²) in [6.07, 6.45) is 1.38. The Labute approximate surface area is 236 Å². The van der Waals surface area contributed by atoms with Crippen molar-refractivity contribution >= 4 is 40.0 Å². The Morgan fingerprint density at radius 3 is 2.62 bits per heavy atom. The molecule has 2 aromatic heterocycles. The van der Waals surface area contributed by atoms with Crippen LogP contribution in [0.5, 0.6) is 5.75 Å². The van der Waals surface area contributed by atoms with Crippen LogP contribution in [0.1, 0.15) is 40.3 Å². The largest absolute Gasteiger partial charge is 0.483 e. The standard InChI is InChI=1S/C29H30N4O4S2/c1-6-14-33-26(20(4)37-22-9-7-8-19(3)15-22)31-32-29(33)39-17-24(34)30-27-25(28(35)36-5)23(16-38-27)21-12-10-18(2)11-13-21/h6-13,15-16,20H,1,14,17H2,2-5H3,(H,30,34). The van der Waals surface area contributed by atoms with Gasteiger partial charge in [0.15, 0.2) is 17.1 Å². The Bertz CT molecular complexity index is 1480. The maximum absolute atomic E-state index is 12.9. The number of aromatic nitrogens is 3. The number of rotatable bonds is 11. The van der Waals surface area contributed by atoms with Crippen molar-refractivity contribution in [2.24, 2.45) is 0 Å². The highest BCUT2D eigenvalue weighted by molar-refractivity contribution is 7.99. The molecular formula is C29H30N4O4S2. The van der Waals surface area contributed by atoms with Gasteiger partial charge in [0.1, 0.15) is 16.3 Å². The van der Waals surface area contributed by atoms with E-state index in [9.17, 15) is 9.59 Å². The predicted molar refractivity (Wildman–Crippen MR) is 156 cm³/mol. The average molecular weight is 563 g/mol. The zero-order valence-electron chi connectivity index (χ0n) is 22.3. The molecule has 202 valence electrons. The van der Waals surface area contributed by atoms with Gasteiger partial charge in [-0.25, -0.2) is 4.79 Å². The number of allylic oxidation sites excluding steroid dienone is 1. The summed E-state index contributed by atoms with van der Waals surface area (Å²) in [5, 5.41) is 14.4. The van der Waals surface area contributed by atoms with Gasteiger partial charge in [0.05, 0.1) is 12.9 Å². The number of thioether (sulfide) groups is 1. The Morgan fingerprint density at radius 1 is 1.15 bits per heavy atom. The first-order chi connectivity index (χ1) is 18.8. The fourth-order valence-electron chi connectivity index (χ4n) is 3.95. The lowest BCUT2D eigenvalue weighted by Crippen LogP contribution is -2.17. The van der Waals surface area contributed by atoms with Crippen molar-refractivity contribution in [3.05, 3.63) is 89.1 Å². The van der Waals surface area contributed by atoms with E-state index >= 15 is 0 Å². The molecule has 0 fully saturated rings. The van der Waals surface area contributed by atoms with Crippen LogP contribution in [-0.2, 0) is 16.1 Å². The van der Waals surface area contributed by atoms with Gasteiger partial charge in [-0.3, -0.25) is 9.36 Å². The van der Waals surface area contributed by atoms with Crippen molar-refractivity contribution in [3.8, 4) is 16.9 Å². The first-order valence-corrected chi connectivity index (χ1v) is 14.1. The van der Waals surface area contributed by atoms with Crippen molar-refractivity contribution in [1.82, 2.24) is 14.8 Å². The number of aryl methyl sites for hydroxylation is 2. The highest BCUT2D eigenvalue weighted by atomic mass is 32.2. The van der Waals surface area contributed by atoms with Crippen molar-refractivity contribution in [2.45, 2.75) is 38.6 Å².